The van der Waals surface area contributed by atoms with Crippen LogP contribution in [-0.4, -0.2) is 9.38 Å². The van der Waals surface area contributed by atoms with Gasteiger partial charge in [-0.3, -0.25) is 0 Å². The topological polar surface area (TPSA) is 55.4 Å². The second-order valence-corrected chi connectivity index (χ2v) is 7.17. The number of fused-ring (bicyclic) bond motifs is 1. The Kier molecular flexibility index (Phi) is 4.63. The summed E-state index contributed by atoms with van der Waals surface area (Å²) in [6, 6.07) is 5.93. The molecule has 3 N–H and O–H groups in total. The largest absolute Gasteiger partial charge is 0.396 e. The standard InChI is InChI=1S/C22H22F2N4/c1-13-5-3-4-6-18(27-14(13)2)22-19-10-7-15(11-28(19)12-26-22)20-16(23)8-9-17(25)21(20)24/h6-12,27H,3-5,25H2,1-2H3/b14-13-,18-6+. The Labute approximate surface area is 162 Å². The van der Waals surface area contributed by atoms with Gasteiger partial charge in [-0.05, 0) is 51.3 Å². The van der Waals surface area contributed by atoms with Crippen LogP contribution in [0, 0.1) is 11.6 Å². The third-order valence-electron chi connectivity index (χ3n) is 5.26. The van der Waals surface area contributed by atoms with Gasteiger partial charge in [0.1, 0.15) is 17.8 Å². The van der Waals surface area contributed by atoms with Crippen molar-refractivity contribution in [2.45, 2.75) is 33.1 Å². The molecule has 28 heavy (non-hydrogen) atoms. The summed E-state index contributed by atoms with van der Waals surface area (Å²) >= 11 is 0. The second-order valence-electron chi connectivity index (χ2n) is 7.17. The predicted octanol–water partition coefficient (Wildman–Crippen LogP) is 5.27. The lowest BCUT2D eigenvalue weighted by molar-refractivity contribution is 0.592. The minimum absolute atomic E-state index is 0.0793. The summed E-state index contributed by atoms with van der Waals surface area (Å²) in [5.74, 6) is -1.40. The molecule has 0 atom stereocenters. The van der Waals surface area contributed by atoms with E-state index in [9.17, 15) is 8.78 Å². The smallest absolute Gasteiger partial charge is 0.156 e. The summed E-state index contributed by atoms with van der Waals surface area (Å²) in [6.07, 6.45) is 8.62. The van der Waals surface area contributed by atoms with E-state index in [0.29, 0.717) is 5.56 Å². The van der Waals surface area contributed by atoms with Crippen molar-refractivity contribution in [1.82, 2.24) is 14.7 Å². The van der Waals surface area contributed by atoms with E-state index in [1.807, 2.05) is 6.07 Å². The number of anilines is 1. The Morgan fingerprint density at radius 3 is 2.79 bits per heavy atom. The number of halogens is 2. The highest BCUT2D eigenvalue weighted by atomic mass is 19.1. The molecule has 3 heterocycles. The number of nitrogens with two attached hydrogens (primary N) is 1. The maximum Gasteiger partial charge on any atom is 0.156 e. The van der Waals surface area contributed by atoms with Crippen LogP contribution in [0.15, 0.2) is 54.1 Å². The molecule has 0 saturated heterocycles. The minimum Gasteiger partial charge on any atom is -0.396 e. The first-order chi connectivity index (χ1) is 13.5. The molecule has 0 spiro atoms. The maximum atomic E-state index is 14.4. The van der Waals surface area contributed by atoms with E-state index in [4.69, 9.17) is 5.73 Å². The molecule has 0 bridgehead atoms. The van der Waals surface area contributed by atoms with Crippen molar-refractivity contribution in [1.29, 1.82) is 0 Å². The lowest BCUT2D eigenvalue weighted by Crippen LogP contribution is -2.13. The number of aromatic nitrogens is 2. The summed E-state index contributed by atoms with van der Waals surface area (Å²) in [7, 11) is 0. The quantitative estimate of drug-likeness (QED) is 0.596. The Morgan fingerprint density at radius 2 is 1.96 bits per heavy atom. The Bertz CT molecular complexity index is 1130. The van der Waals surface area contributed by atoms with Gasteiger partial charge in [0.15, 0.2) is 5.82 Å². The molecule has 3 aromatic rings. The number of pyridine rings is 1. The first-order valence-corrected chi connectivity index (χ1v) is 9.30. The van der Waals surface area contributed by atoms with Crippen molar-refractivity contribution in [3.63, 3.8) is 0 Å². The number of nitrogens with one attached hydrogen (secondary N) is 1. The van der Waals surface area contributed by atoms with Gasteiger partial charge in [-0.25, -0.2) is 13.8 Å². The Balaban J connectivity index is 1.78. The van der Waals surface area contributed by atoms with Crippen LogP contribution < -0.4 is 11.1 Å². The molecular formula is C22H22F2N4. The van der Waals surface area contributed by atoms with Gasteiger partial charge in [0.2, 0.25) is 0 Å². The number of nitrogens with zero attached hydrogens (tertiary/aromatic N) is 2. The summed E-state index contributed by atoms with van der Waals surface area (Å²) < 4.78 is 30.4. The molecule has 144 valence electrons. The zero-order valence-corrected chi connectivity index (χ0v) is 15.9. The van der Waals surface area contributed by atoms with E-state index < -0.39 is 11.6 Å². The number of hydrogen-bond donors (Lipinski definition) is 2. The van der Waals surface area contributed by atoms with Crippen LogP contribution in [0.2, 0.25) is 0 Å². The molecule has 0 aliphatic carbocycles. The molecule has 1 aromatic carbocycles. The average Bonchev–Trinajstić information content (AvgIpc) is 3.09. The third-order valence-corrected chi connectivity index (χ3v) is 5.26. The SMILES string of the molecule is C/C1=C(\C)N/C(c2ncn3cc(-c4c(F)ccc(N)c4F)ccc23)=C/CCC1. The van der Waals surface area contributed by atoms with E-state index in [0.717, 1.165) is 41.9 Å². The van der Waals surface area contributed by atoms with Gasteiger partial charge in [0.25, 0.3) is 0 Å². The third kappa shape index (κ3) is 3.15. The van der Waals surface area contributed by atoms with Crippen molar-refractivity contribution in [3.05, 3.63) is 71.5 Å². The van der Waals surface area contributed by atoms with Crippen molar-refractivity contribution >= 4 is 16.9 Å². The molecule has 4 nitrogen and oxygen atoms in total. The number of hydrogen-bond acceptors (Lipinski definition) is 3. The van der Waals surface area contributed by atoms with Gasteiger partial charge >= 0.3 is 0 Å². The molecular weight excluding hydrogens is 358 g/mol. The zero-order chi connectivity index (χ0) is 19.8. The first kappa shape index (κ1) is 18.2. The fourth-order valence-electron chi connectivity index (χ4n) is 3.51. The monoisotopic (exact) mass is 380 g/mol. The lowest BCUT2D eigenvalue weighted by atomic mass is 10.0. The second kappa shape index (κ2) is 7.11. The number of benzene rings is 1. The first-order valence-electron chi connectivity index (χ1n) is 9.30. The number of nitrogen functional groups attached to an aromatic ring is 1. The molecule has 0 radical (unpaired) electrons. The summed E-state index contributed by atoms with van der Waals surface area (Å²) in [5, 5.41) is 3.46. The van der Waals surface area contributed by atoms with Gasteiger partial charge in [0, 0.05) is 17.5 Å². The highest BCUT2D eigenvalue weighted by Crippen LogP contribution is 2.31. The Morgan fingerprint density at radius 1 is 1.14 bits per heavy atom. The van der Waals surface area contributed by atoms with E-state index in [1.165, 1.54) is 17.7 Å². The van der Waals surface area contributed by atoms with Crippen LogP contribution >= 0.6 is 0 Å². The van der Waals surface area contributed by atoms with E-state index in [-0.39, 0.29) is 11.3 Å². The maximum absolute atomic E-state index is 14.4. The van der Waals surface area contributed by atoms with Gasteiger partial charge in [-0.2, -0.15) is 0 Å². The molecule has 0 saturated carbocycles. The zero-order valence-electron chi connectivity index (χ0n) is 15.9. The predicted molar refractivity (Wildman–Crippen MR) is 108 cm³/mol. The van der Waals surface area contributed by atoms with E-state index in [2.05, 4.69) is 30.2 Å². The molecule has 4 rings (SSSR count). The Hall–Kier alpha value is -3.15. The highest BCUT2D eigenvalue weighted by molar-refractivity contribution is 5.78. The van der Waals surface area contributed by atoms with E-state index >= 15 is 0 Å². The molecule has 6 heteroatoms. The van der Waals surface area contributed by atoms with Crippen LogP contribution in [0.5, 0.6) is 0 Å². The highest BCUT2D eigenvalue weighted by Gasteiger charge is 2.17. The van der Waals surface area contributed by atoms with Crippen LogP contribution in [-0.2, 0) is 0 Å². The van der Waals surface area contributed by atoms with Crippen molar-refractivity contribution in [3.8, 4) is 11.1 Å². The van der Waals surface area contributed by atoms with Crippen molar-refractivity contribution < 1.29 is 8.78 Å². The molecule has 1 aliphatic rings. The van der Waals surface area contributed by atoms with Gasteiger partial charge in [-0.15, -0.1) is 0 Å². The normalized spacial score (nSPS) is 19.6. The van der Waals surface area contributed by atoms with Crippen molar-refractivity contribution in [2.75, 3.05) is 5.73 Å². The minimum atomic E-state index is -0.750. The molecule has 0 fully saturated rings. The van der Waals surface area contributed by atoms with Gasteiger partial charge < -0.3 is 15.5 Å². The summed E-state index contributed by atoms with van der Waals surface area (Å²) in [4.78, 5) is 4.55. The summed E-state index contributed by atoms with van der Waals surface area (Å²) in [5.41, 5.74) is 10.9. The lowest BCUT2D eigenvalue weighted by Gasteiger charge is -2.16. The van der Waals surface area contributed by atoms with E-state index in [1.54, 1.807) is 23.0 Å². The number of allylic oxidation sites excluding steroid dienone is 3. The summed E-state index contributed by atoms with van der Waals surface area (Å²) in [6.45, 7) is 4.20. The van der Waals surface area contributed by atoms with Gasteiger partial charge in [-0.1, -0.05) is 17.7 Å². The number of imidazole rings is 1. The fraction of sp³-hybridized carbons (Fsp3) is 0.227. The van der Waals surface area contributed by atoms with Crippen LogP contribution in [0.25, 0.3) is 22.3 Å². The molecule has 2 aromatic heterocycles. The van der Waals surface area contributed by atoms with Crippen LogP contribution in [0.3, 0.4) is 0 Å². The van der Waals surface area contributed by atoms with Gasteiger partial charge in [0.05, 0.1) is 22.5 Å². The van der Waals surface area contributed by atoms with Crippen LogP contribution in [0.1, 0.15) is 38.8 Å². The fourth-order valence-corrected chi connectivity index (χ4v) is 3.51. The molecule has 1 aliphatic heterocycles. The average molecular weight is 380 g/mol. The number of rotatable bonds is 2. The van der Waals surface area contributed by atoms with Crippen LogP contribution in [0.4, 0.5) is 14.5 Å². The van der Waals surface area contributed by atoms with Crippen molar-refractivity contribution in [2.24, 2.45) is 0 Å². The molecule has 0 unspecified atom stereocenters. The molecule has 0 amide bonds.